The Bertz CT molecular complexity index is 1120. The van der Waals surface area contributed by atoms with E-state index in [4.69, 9.17) is 28.5 Å². The molecule has 0 aliphatic rings. The maximum Gasteiger partial charge on any atom is 0.263 e. The van der Waals surface area contributed by atoms with Crippen molar-refractivity contribution in [1.82, 2.24) is 9.78 Å². The third kappa shape index (κ3) is 3.68. The number of aryl methyl sites for hydroxylation is 1. The van der Waals surface area contributed by atoms with Crippen LogP contribution in [0, 0.1) is 18.3 Å². The summed E-state index contributed by atoms with van der Waals surface area (Å²) in [5.74, 6) is 0.269. The highest BCUT2D eigenvalue weighted by molar-refractivity contribution is 7.92. The second-order valence-electron chi connectivity index (χ2n) is 5.42. The molecule has 0 atom stereocenters. The molecular weight excluding hydrogens is 395 g/mol. The Labute approximate surface area is 160 Å². The summed E-state index contributed by atoms with van der Waals surface area (Å²) < 4.78 is 29.3. The van der Waals surface area contributed by atoms with Crippen molar-refractivity contribution in [2.45, 2.75) is 11.8 Å². The van der Waals surface area contributed by atoms with E-state index in [9.17, 15) is 8.42 Å². The lowest BCUT2D eigenvalue weighted by Crippen LogP contribution is -2.16. The van der Waals surface area contributed by atoms with Crippen LogP contribution in [0.3, 0.4) is 0 Å². The Morgan fingerprint density at radius 1 is 1.12 bits per heavy atom. The van der Waals surface area contributed by atoms with E-state index < -0.39 is 10.0 Å². The van der Waals surface area contributed by atoms with E-state index in [0.29, 0.717) is 16.4 Å². The fraction of sp³-hybridized carbons (Fsp3) is 0.0588. The van der Waals surface area contributed by atoms with Crippen LogP contribution < -0.4 is 4.72 Å². The quantitative estimate of drug-likeness (QED) is 0.704. The molecule has 0 fully saturated rings. The van der Waals surface area contributed by atoms with E-state index >= 15 is 0 Å². The van der Waals surface area contributed by atoms with E-state index in [0.717, 1.165) is 0 Å². The van der Waals surface area contributed by atoms with Gasteiger partial charge in [0, 0.05) is 11.1 Å². The molecule has 0 unspecified atom stereocenters. The summed E-state index contributed by atoms with van der Waals surface area (Å²) in [5, 5.41) is 13.9. The van der Waals surface area contributed by atoms with Crippen LogP contribution in [0.25, 0.3) is 5.69 Å². The third-order valence-corrected chi connectivity index (χ3v) is 5.43. The number of hydrogen-bond acceptors (Lipinski definition) is 4. The molecule has 6 nitrogen and oxygen atoms in total. The minimum atomic E-state index is -3.92. The minimum absolute atomic E-state index is 0.0528. The molecule has 26 heavy (non-hydrogen) atoms. The molecule has 3 aromatic rings. The maximum atomic E-state index is 12.7. The summed E-state index contributed by atoms with van der Waals surface area (Å²) in [6.07, 6.45) is 0. The molecule has 3 rings (SSSR count). The predicted octanol–water partition coefficient (Wildman–Crippen LogP) is 4.16. The first-order chi connectivity index (χ1) is 12.3. The van der Waals surface area contributed by atoms with E-state index in [2.05, 4.69) is 9.82 Å². The SMILES string of the molecule is Cc1cc(NS(=O)(=O)c2ccc(C#N)c(Cl)c2)n(-c2ccc(Cl)cc2)n1. The zero-order valence-electron chi connectivity index (χ0n) is 13.4. The summed E-state index contributed by atoms with van der Waals surface area (Å²) in [4.78, 5) is -0.0528. The van der Waals surface area contributed by atoms with Crippen molar-refractivity contribution in [2.75, 3.05) is 4.72 Å². The van der Waals surface area contributed by atoms with Crippen LogP contribution >= 0.6 is 23.2 Å². The monoisotopic (exact) mass is 406 g/mol. The smallest absolute Gasteiger partial charge is 0.263 e. The zero-order chi connectivity index (χ0) is 18.9. The second kappa shape index (κ2) is 7.00. The number of nitrogens with zero attached hydrogens (tertiary/aromatic N) is 3. The van der Waals surface area contributed by atoms with Gasteiger partial charge in [-0.05, 0) is 49.4 Å². The van der Waals surface area contributed by atoms with E-state index in [1.54, 1.807) is 37.3 Å². The lowest BCUT2D eigenvalue weighted by atomic mass is 10.2. The van der Waals surface area contributed by atoms with E-state index in [-0.39, 0.29) is 21.3 Å². The van der Waals surface area contributed by atoms with Gasteiger partial charge in [-0.25, -0.2) is 13.1 Å². The fourth-order valence-corrected chi connectivity index (χ4v) is 3.77. The number of halogens is 2. The molecule has 132 valence electrons. The first kappa shape index (κ1) is 18.3. The highest BCUT2D eigenvalue weighted by Crippen LogP contribution is 2.24. The molecular formula is C17H12Cl2N4O2S. The van der Waals surface area contributed by atoms with E-state index in [1.165, 1.54) is 22.9 Å². The molecule has 1 heterocycles. The Balaban J connectivity index is 2.00. The molecule has 0 aliphatic heterocycles. The number of sulfonamides is 1. The first-order valence-electron chi connectivity index (χ1n) is 7.35. The van der Waals surface area contributed by atoms with Crippen molar-refractivity contribution < 1.29 is 8.42 Å². The van der Waals surface area contributed by atoms with Gasteiger partial charge in [-0.2, -0.15) is 10.4 Å². The Hall–Kier alpha value is -2.53. The largest absolute Gasteiger partial charge is 0.263 e. The van der Waals surface area contributed by atoms with Crippen molar-refractivity contribution in [3.63, 3.8) is 0 Å². The number of rotatable bonds is 4. The van der Waals surface area contributed by atoms with Gasteiger partial charge in [0.2, 0.25) is 0 Å². The molecule has 0 saturated carbocycles. The van der Waals surface area contributed by atoms with Crippen LogP contribution in [0.15, 0.2) is 53.4 Å². The number of benzene rings is 2. The van der Waals surface area contributed by atoms with Crippen LogP contribution in [0.5, 0.6) is 0 Å². The highest BCUT2D eigenvalue weighted by atomic mass is 35.5. The lowest BCUT2D eigenvalue weighted by Gasteiger charge is -2.11. The Morgan fingerprint density at radius 3 is 2.42 bits per heavy atom. The standard InChI is InChI=1S/C17H12Cl2N4O2S/c1-11-8-17(23(21-11)14-5-3-13(18)4-6-14)22-26(24,25)15-7-2-12(10-20)16(19)9-15/h2-9,22H,1H3. The molecule has 0 amide bonds. The summed E-state index contributed by atoms with van der Waals surface area (Å²) in [6.45, 7) is 1.75. The van der Waals surface area contributed by atoms with Crippen LogP contribution in [-0.2, 0) is 10.0 Å². The van der Waals surface area contributed by atoms with Gasteiger partial charge in [-0.1, -0.05) is 23.2 Å². The molecule has 1 aromatic heterocycles. The molecule has 0 radical (unpaired) electrons. The third-order valence-electron chi connectivity index (χ3n) is 3.51. The van der Waals surface area contributed by atoms with Crippen molar-refractivity contribution >= 4 is 39.0 Å². The molecule has 9 heteroatoms. The molecule has 1 N–H and O–H groups in total. The zero-order valence-corrected chi connectivity index (χ0v) is 15.8. The molecule has 0 saturated heterocycles. The normalized spacial score (nSPS) is 11.2. The molecule has 0 bridgehead atoms. The lowest BCUT2D eigenvalue weighted by molar-refractivity contribution is 0.600. The molecule has 0 spiro atoms. The van der Waals surface area contributed by atoms with Crippen molar-refractivity contribution in [2.24, 2.45) is 0 Å². The minimum Gasteiger partial charge on any atom is -0.263 e. The van der Waals surface area contributed by atoms with Gasteiger partial charge in [0.05, 0.1) is 26.9 Å². The number of anilines is 1. The van der Waals surface area contributed by atoms with Crippen LogP contribution in [0.4, 0.5) is 5.82 Å². The van der Waals surface area contributed by atoms with Crippen LogP contribution in [0.2, 0.25) is 10.0 Å². The van der Waals surface area contributed by atoms with Crippen molar-refractivity contribution in [3.05, 3.63) is 69.8 Å². The van der Waals surface area contributed by atoms with Gasteiger partial charge in [0.15, 0.2) is 0 Å². The van der Waals surface area contributed by atoms with Gasteiger partial charge in [0.1, 0.15) is 11.9 Å². The van der Waals surface area contributed by atoms with Crippen LogP contribution in [0.1, 0.15) is 11.3 Å². The van der Waals surface area contributed by atoms with Gasteiger partial charge in [-0.15, -0.1) is 0 Å². The number of nitrogens with one attached hydrogen (secondary N) is 1. The van der Waals surface area contributed by atoms with Gasteiger partial charge >= 0.3 is 0 Å². The van der Waals surface area contributed by atoms with Crippen LogP contribution in [-0.4, -0.2) is 18.2 Å². The summed E-state index contributed by atoms with van der Waals surface area (Å²) in [7, 11) is -3.92. The Kier molecular flexibility index (Phi) is 4.92. The Morgan fingerprint density at radius 2 is 1.81 bits per heavy atom. The van der Waals surface area contributed by atoms with Gasteiger partial charge in [0.25, 0.3) is 10.0 Å². The predicted molar refractivity (Wildman–Crippen MR) is 100 cm³/mol. The second-order valence-corrected chi connectivity index (χ2v) is 7.94. The molecule has 2 aromatic carbocycles. The topological polar surface area (TPSA) is 87.8 Å². The maximum absolute atomic E-state index is 12.7. The molecule has 0 aliphatic carbocycles. The highest BCUT2D eigenvalue weighted by Gasteiger charge is 2.19. The van der Waals surface area contributed by atoms with E-state index in [1.807, 2.05) is 6.07 Å². The summed E-state index contributed by atoms with van der Waals surface area (Å²) in [5.41, 5.74) is 1.49. The summed E-state index contributed by atoms with van der Waals surface area (Å²) >= 11 is 11.8. The average Bonchev–Trinajstić information content (AvgIpc) is 2.95. The average molecular weight is 407 g/mol. The van der Waals surface area contributed by atoms with Crippen molar-refractivity contribution in [1.29, 1.82) is 5.26 Å². The number of aromatic nitrogens is 2. The van der Waals surface area contributed by atoms with Gasteiger partial charge < -0.3 is 0 Å². The fourth-order valence-electron chi connectivity index (χ4n) is 2.30. The van der Waals surface area contributed by atoms with Gasteiger partial charge in [-0.3, -0.25) is 4.72 Å². The van der Waals surface area contributed by atoms with Crippen molar-refractivity contribution in [3.8, 4) is 11.8 Å². The first-order valence-corrected chi connectivity index (χ1v) is 9.59. The number of nitriles is 1. The number of hydrogen-bond donors (Lipinski definition) is 1. The summed E-state index contributed by atoms with van der Waals surface area (Å²) in [6, 6.07) is 14.2.